The van der Waals surface area contributed by atoms with Gasteiger partial charge in [0.1, 0.15) is 6.07 Å². The molecule has 72 valence electrons. The van der Waals surface area contributed by atoms with Crippen molar-refractivity contribution >= 4 is 11.8 Å². The molecule has 0 bridgehead atoms. The van der Waals surface area contributed by atoms with E-state index in [0.717, 1.165) is 29.2 Å². The van der Waals surface area contributed by atoms with Crippen LogP contribution in [0.2, 0.25) is 0 Å². The van der Waals surface area contributed by atoms with Gasteiger partial charge in [-0.25, -0.2) is 0 Å². The van der Waals surface area contributed by atoms with E-state index in [4.69, 9.17) is 10.00 Å². The summed E-state index contributed by atoms with van der Waals surface area (Å²) in [6.07, 6.45) is 0. The standard InChI is InChI=1S/C11H11NOS/c1-8-2-3-11(9(4-8)5-12)14-10-6-13-7-10/h2-4,10H,6-7H2,1H3. The number of aryl methyl sites for hydroxylation is 1. The molecule has 0 amide bonds. The van der Waals surface area contributed by atoms with Crippen molar-refractivity contribution in [3.63, 3.8) is 0 Å². The van der Waals surface area contributed by atoms with Gasteiger partial charge in [0.2, 0.25) is 0 Å². The monoisotopic (exact) mass is 205 g/mol. The number of rotatable bonds is 2. The topological polar surface area (TPSA) is 33.0 Å². The van der Waals surface area contributed by atoms with Crippen molar-refractivity contribution < 1.29 is 4.74 Å². The Morgan fingerprint density at radius 2 is 2.29 bits per heavy atom. The molecule has 1 aromatic rings. The molecule has 2 nitrogen and oxygen atoms in total. The lowest BCUT2D eigenvalue weighted by atomic mass is 10.2. The maximum absolute atomic E-state index is 8.95. The summed E-state index contributed by atoms with van der Waals surface area (Å²) in [5, 5.41) is 9.48. The fourth-order valence-electron chi connectivity index (χ4n) is 1.30. The molecule has 14 heavy (non-hydrogen) atoms. The molecule has 1 aliphatic rings. The Morgan fingerprint density at radius 3 is 2.86 bits per heavy atom. The first-order valence-electron chi connectivity index (χ1n) is 4.55. The largest absolute Gasteiger partial charge is 0.379 e. The zero-order valence-electron chi connectivity index (χ0n) is 7.99. The molecule has 0 spiro atoms. The van der Waals surface area contributed by atoms with Crippen LogP contribution in [0.4, 0.5) is 0 Å². The van der Waals surface area contributed by atoms with Crippen LogP contribution < -0.4 is 0 Å². The molecular formula is C11H11NOS. The summed E-state index contributed by atoms with van der Waals surface area (Å²) in [6, 6.07) is 8.23. The second-order valence-corrected chi connectivity index (χ2v) is 4.73. The molecule has 0 aromatic heterocycles. The third-order valence-electron chi connectivity index (χ3n) is 2.16. The van der Waals surface area contributed by atoms with Gasteiger partial charge in [-0.3, -0.25) is 0 Å². The van der Waals surface area contributed by atoms with Gasteiger partial charge in [-0.15, -0.1) is 11.8 Å². The highest BCUT2D eigenvalue weighted by Crippen LogP contribution is 2.30. The maximum Gasteiger partial charge on any atom is 0.100 e. The highest BCUT2D eigenvalue weighted by molar-refractivity contribution is 8.00. The number of ether oxygens (including phenoxy) is 1. The molecule has 0 N–H and O–H groups in total. The van der Waals surface area contributed by atoms with E-state index in [1.165, 1.54) is 0 Å². The van der Waals surface area contributed by atoms with Crippen LogP contribution >= 0.6 is 11.8 Å². The van der Waals surface area contributed by atoms with Gasteiger partial charge in [0.15, 0.2) is 0 Å². The Morgan fingerprint density at radius 1 is 1.50 bits per heavy atom. The van der Waals surface area contributed by atoms with Crippen LogP contribution in [0.15, 0.2) is 23.1 Å². The van der Waals surface area contributed by atoms with Gasteiger partial charge in [0, 0.05) is 4.90 Å². The smallest absolute Gasteiger partial charge is 0.100 e. The average Bonchev–Trinajstić information content (AvgIpc) is 2.13. The SMILES string of the molecule is Cc1ccc(SC2COC2)c(C#N)c1. The first kappa shape index (κ1) is 9.57. The average molecular weight is 205 g/mol. The second kappa shape index (κ2) is 4.04. The van der Waals surface area contributed by atoms with Gasteiger partial charge in [0.05, 0.1) is 24.0 Å². The van der Waals surface area contributed by atoms with Crippen LogP contribution in [-0.4, -0.2) is 18.5 Å². The van der Waals surface area contributed by atoms with Gasteiger partial charge >= 0.3 is 0 Å². The lowest BCUT2D eigenvalue weighted by Crippen LogP contribution is -2.30. The van der Waals surface area contributed by atoms with Crippen LogP contribution in [0.25, 0.3) is 0 Å². The molecule has 3 heteroatoms. The molecule has 0 aliphatic carbocycles. The predicted octanol–water partition coefficient (Wildman–Crippen LogP) is 2.36. The van der Waals surface area contributed by atoms with Crippen molar-refractivity contribution in [3.8, 4) is 6.07 Å². The number of nitrogens with zero attached hydrogens (tertiary/aromatic N) is 1. The third kappa shape index (κ3) is 1.92. The fraction of sp³-hybridized carbons (Fsp3) is 0.364. The summed E-state index contributed by atoms with van der Waals surface area (Å²) in [4.78, 5) is 1.08. The number of hydrogen-bond donors (Lipinski definition) is 0. The Bertz CT molecular complexity index is 379. The van der Waals surface area contributed by atoms with Crippen molar-refractivity contribution in [1.29, 1.82) is 5.26 Å². The molecular weight excluding hydrogens is 194 g/mol. The Balaban J connectivity index is 2.19. The quantitative estimate of drug-likeness (QED) is 0.743. The van der Waals surface area contributed by atoms with Gasteiger partial charge in [-0.2, -0.15) is 5.26 Å². The summed E-state index contributed by atoms with van der Waals surface area (Å²) in [5.74, 6) is 0. The Kier molecular flexibility index (Phi) is 2.76. The Labute approximate surface area is 87.9 Å². The van der Waals surface area contributed by atoms with Crippen molar-refractivity contribution in [2.45, 2.75) is 17.1 Å². The third-order valence-corrected chi connectivity index (χ3v) is 3.37. The van der Waals surface area contributed by atoms with E-state index >= 15 is 0 Å². The zero-order chi connectivity index (χ0) is 9.97. The van der Waals surface area contributed by atoms with Crippen molar-refractivity contribution in [3.05, 3.63) is 29.3 Å². The van der Waals surface area contributed by atoms with Crippen LogP contribution in [0.5, 0.6) is 0 Å². The van der Waals surface area contributed by atoms with E-state index in [9.17, 15) is 0 Å². The van der Waals surface area contributed by atoms with Crippen LogP contribution in [-0.2, 0) is 4.74 Å². The minimum Gasteiger partial charge on any atom is -0.379 e. The fourth-order valence-corrected chi connectivity index (χ4v) is 2.36. The Hall–Kier alpha value is -0.980. The molecule has 0 radical (unpaired) electrons. The van der Waals surface area contributed by atoms with Gasteiger partial charge in [0.25, 0.3) is 0 Å². The maximum atomic E-state index is 8.95. The number of hydrogen-bond acceptors (Lipinski definition) is 3. The molecule has 0 saturated carbocycles. The molecule has 1 fully saturated rings. The molecule has 1 saturated heterocycles. The zero-order valence-corrected chi connectivity index (χ0v) is 8.80. The minimum atomic E-state index is 0.532. The minimum absolute atomic E-state index is 0.532. The molecule has 1 heterocycles. The first-order valence-corrected chi connectivity index (χ1v) is 5.42. The number of benzene rings is 1. The summed E-state index contributed by atoms with van der Waals surface area (Å²) < 4.78 is 5.10. The second-order valence-electron chi connectivity index (χ2n) is 3.39. The lowest BCUT2D eigenvalue weighted by Gasteiger charge is -2.25. The summed E-state index contributed by atoms with van der Waals surface area (Å²) in [5.41, 5.74) is 1.91. The molecule has 1 aliphatic heterocycles. The molecule has 0 atom stereocenters. The van der Waals surface area contributed by atoms with E-state index in [1.54, 1.807) is 11.8 Å². The van der Waals surface area contributed by atoms with E-state index < -0.39 is 0 Å². The van der Waals surface area contributed by atoms with Crippen LogP contribution in [0.1, 0.15) is 11.1 Å². The normalized spacial score (nSPS) is 16.0. The van der Waals surface area contributed by atoms with E-state index in [2.05, 4.69) is 6.07 Å². The van der Waals surface area contributed by atoms with Crippen molar-refractivity contribution in [2.75, 3.05) is 13.2 Å². The summed E-state index contributed by atoms with van der Waals surface area (Å²) in [7, 11) is 0. The van der Waals surface area contributed by atoms with Gasteiger partial charge in [-0.1, -0.05) is 6.07 Å². The van der Waals surface area contributed by atoms with Gasteiger partial charge in [-0.05, 0) is 24.6 Å². The van der Waals surface area contributed by atoms with Crippen molar-refractivity contribution in [2.24, 2.45) is 0 Å². The predicted molar refractivity (Wildman–Crippen MR) is 56.4 cm³/mol. The number of thioether (sulfide) groups is 1. The highest BCUT2D eigenvalue weighted by atomic mass is 32.2. The van der Waals surface area contributed by atoms with E-state index in [-0.39, 0.29) is 0 Å². The molecule has 0 unspecified atom stereocenters. The van der Waals surface area contributed by atoms with E-state index in [1.807, 2.05) is 25.1 Å². The first-order chi connectivity index (χ1) is 6.79. The number of nitriles is 1. The van der Waals surface area contributed by atoms with Crippen LogP contribution in [0.3, 0.4) is 0 Å². The molecule has 2 rings (SSSR count). The lowest BCUT2D eigenvalue weighted by molar-refractivity contribution is 0.0455. The van der Waals surface area contributed by atoms with Crippen LogP contribution in [0, 0.1) is 18.3 Å². The van der Waals surface area contributed by atoms with Gasteiger partial charge < -0.3 is 4.74 Å². The summed E-state index contributed by atoms with van der Waals surface area (Å²) in [6.45, 7) is 3.62. The molecule has 1 aromatic carbocycles. The van der Waals surface area contributed by atoms with E-state index in [0.29, 0.717) is 5.25 Å². The summed E-state index contributed by atoms with van der Waals surface area (Å²) >= 11 is 1.74. The van der Waals surface area contributed by atoms with Crippen molar-refractivity contribution in [1.82, 2.24) is 0 Å². The highest BCUT2D eigenvalue weighted by Gasteiger charge is 2.20.